The summed E-state index contributed by atoms with van der Waals surface area (Å²) < 4.78 is 0. The predicted molar refractivity (Wildman–Crippen MR) is 87.5 cm³/mol. The molecule has 0 atom stereocenters. The number of nitrogens with one attached hydrogen (secondary N) is 2. The average molecular weight is 289 g/mol. The third-order valence-electron chi connectivity index (χ3n) is 4.20. The number of hydrogen-bond acceptors (Lipinski definition) is 3. The van der Waals surface area contributed by atoms with Crippen molar-refractivity contribution in [2.75, 3.05) is 38.1 Å². The van der Waals surface area contributed by atoms with Gasteiger partial charge in [0.25, 0.3) is 0 Å². The fraction of sp³-hybridized carbons (Fsp3) is 0.588. The van der Waals surface area contributed by atoms with Crippen LogP contribution in [-0.4, -0.2) is 39.1 Å². The first-order valence-electron chi connectivity index (χ1n) is 7.99. The monoisotopic (exact) mass is 289 g/mol. The van der Waals surface area contributed by atoms with Crippen LogP contribution < -0.4 is 15.5 Å². The van der Waals surface area contributed by atoms with Crippen LogP contribution in [0.3, 0.4) is 0 Å². The van der Waals surface area contributed by atoms with Crippen molar-refractivity contribution < 1.29 is 4.79 Å². The van der Waals surface area contributed by atoms with Gasteiger partial charge < -0.3 is 15.5 Å². The van der Waals surface area contributed by atoms with E-state index in [2.05, 4.69) is 34.7 Å². The maximum Gasteiger partial charge on any atom is 0.220 e. The Labute approximate surface area is 127 Å². The van der Waals surface area contributed by atoms with Gasteiger partial charge in [-0.05, 0) is 50.4 Å². The predicted octanol–water partition coefficient (Wildman–Crippen LogP) is 2.02. The van der Waals surface area contributed by atoms with Gasteiger partial charge >= 0.3 is 0 Å². The van der Waals surface area contributed by atoms with E-state index < -0.39 is 0 Å². The lowest BCUT2D eigenvalue weighted by molar-refractivity contribution is -0.121. The molecule has 0 bridgehead atoms. The molecule has 21 heavy (non-hydrogen) atoms. The van der Waals surface area contributed by atoms with Crippen LogP contribution >= 0.6 is 0 Å². The molecule has 0 aromatic heterocycles. The summed E-state index contributed by atoms with van der Waals surface area (Å²) in [6, 6.07) is 10.2. The van der Waals surface area contributed by atoms with Crippen molar-refractivity contribution in [1.29, 1.82) is 0 Å². The van der Waals surface area contributed by atoms with Gasteiger partial charge in [-0.25, -0.2) is 0 Å². The summed E-state index contributed by atoms with van der Waals surface area (Å²) in [7, 11) is 2.05. The Bertz CT molecular complexity index is 415. The molecule has 1 saturated heterocycles. The van der Waals surface area contributed by atoms with Crippen LogP contribution in [0.1, 0.15) is 25.7 Å². The maximum absolute atomic E-state index is 11.9. The molecule has 116 valence electrons. The molecule has 1 amide bonds. The minimum Gasteiger partial charge on any atom is -0.373 e. The summed E-state index contributed by atoms with van der Waals surface area (Å²) >= 11 is 0. The van der Waals surface area contributed by atoms with Crippen molar-refractivity contribution in [3.63, 3.8) is 0 Å². The van der Waals surface area contributed by atoms with Crippen LogP contribution in [0.2, 0.25) is 0 Å². The second kappa shape index (κ2) is 8.67. The first-order valence-corrected chi connectivity index (χ1v) is 7.99. The molecule has 1 heterocycles. The van der Waals surface area contributed by atoms with Gasteiger partial charge in [-0.3, -0.25) is 4.79 Å². The smallest absolute Gasteiger partial charge is 0.220 e. The van der Waals surface area contributed by atoms with Gasteiger partial charge in [-0.1, -0.05) is 18.2 Å². The van der Waals surface area contributed by atoms with Crippen molar-refractivity contribution in [3.8, 4) is 0 Å². The molecule has 2 N–H and O–H groups in total. The molecule has 0 radical (unpaired) electrons. The molecule has 0 saturated carbocycles. The van der Waals surface area contributed by atoms with Gasteiger partial charge in [0, 0.05) is 32.2 Å². The van der Waals surface area contributed by atoms with Gasteiger partial charge in [0.2, 0.25) is 5.91 Å². The normalized spacial score (nSPS) is 15.7. The molecular weight excluding hydrogens is 262 g/mol. The average Bonchev–Trinajstić information content (AvgIpc) is 2.54. The third-order valence-corrected chi connectivity index (χ3v) is 4.20. The second-order valence-electron chi connectivity index (χ2n) is 5.84. The Balaban J connectivity index is 1.58. The summed E-state index contributed by atoms with van der Waals surface area (Å²) in [6.45, 7) is 3.75. The molecule has 4 nitrogen and oxygen atoms in total. The highest BCUT2D eigenvalue weighted by molar-refractivity contribution is 5.75. The van der Waals surface area contributed by atoms with E-state index in [-0.39, 0.29) is 5.91 Å². The van der Waals surface area contributed by atoms with E-state index in [9.17, 15) is 4.79 Å². The van der Waals surface area contributed by atoms with Gasteiger partial charge in [-0.15, -0.1) is 0 Å². The van der Waals surface area contributed by atoms with Crippen LogP contribution in [0.15, 0.2) is 30.3 Å². The Morgan fingerprint density at radius 1 is 1.29 bits per heavy atom. The highest BCUT2D eigenvalue weighted by Gasteiger charge is 2.14. The lowest BCUT2D eigenvalue weighted by Crippen LogP contribution is -2.33. The third kappa shape index (κ3) is 5.76. The Morgan fingerprint density at radius 2 is 2.00 bits per heavy atom. The summed E-state index contributed by atoms with van der Waals surface area (Å²) in [5.41, 5.74) is 1.18. The number of nitrogens with zero attached hydrogens (tertiary/aromatic N) is 1. The molecular formula is C17H27N3O. The minimum atomic E-state index is 0.190. The molecule has 1 aromatic carbocycles. The lowest BCUT2D eigenvalue weighted by Gasteiger charge is -2.22. The minimum absolute atomic E-state index is 0.190. The largest absolute Gasteiger partial charge is 0.373 e. The Morgan fingerprint density at radius 3 is 2.71 bits per heavy atom. The molecule has 1 aromatic rings. The van der Waals surface area contributed by atoms with Crippen LogP contribution in [0.5, 0.6) is 0 Å². The number of carbonyl (C=O) groups is 1. The van der Waals surface area contributed by atoms with Crippen molar-refractivity contribution in [1.82, 2.24) is 10.6 Å². The van der Waals surface area contributed by atoms with E-state index >= 15 is 0 Å². The fourth-order valence-corrected chi connectivity index (χ4v) is 2.77. The molecule has 0 aliphatic carbocycles. The van der Waals surface area contributed by atoms with Gasteiger partial charge in [-0.2, -0.15) is 0 Å². The van der Waals surface area contributed by atoms with E-state index in [1.54, 1.807) is 0 Å². The number of hydrogen-bond donors (Lipinski definition) is 2. The quantitative estimate of drug-likeness (QED) is 0.807. The summed E-state index contributed by atoms with van der Waals surface area (Å²) in [5, 5.41) is 6.39. The SMILES string of the molecule is CN(CCNC(=O)CCC1CCNCC1)c1ccccc1. The number of para-hydroxylation sites is 1. The van der Waals surface area contributed by atoms with Crippen LogP contribution in [0, 0.1) is 5.92 Å². The first-order chi connectivity index (χ1) is 10.3. The number of benzene rings is 1. The van der Waals surface area contributed by atoms with E-state index in [1.807, 2.05) is 18.2 Å². The number of piperidine rings is 1. The van der Waals surface area contributed by atoms with E-state index in [0.29, 0.717) is 13.0 Å². The summed E-state index contributed by atoms with van der Waals surface area (Å²) in [4.78, 5) is 14.0. The fourth-order valence-electron chi connectivity index (χ4n) is 2.77. The van der Waals surface area contributed by atoms with Crippen molar-refractivity contribution in [2.45, 2.75) is 25.7 Å². The summed E-state index contributed by atoms with van der Waals surface area (Å²) in [6.07, 6.45) is 4.12. The molecule has 1 aliphatic heterocycles. The zero-order chi connectivity index (χ0) is 14.9. The molecule has 1 aliphatic rings. The Kier molecular flexibility index (Phi) is 6.54. The zero-order valence-corrected chi connectivity index (χ0v) is 13.0. The lowest BCUT2D eigenvalue weighted by atomic mass is 9.93. The highest BCUT2D eigenvalue weighted by atomic mass is 16.1. The number of carbonyl (C=O) groups excluding carboxylic acids is 1. The van der Waals surface area contributed by atoms with E-state index in [4.69, 9.17) is 0 Å². The van der Waals surface area contributed by atoms with Crippen molar-refractivity contribution in [2.24, 2.45) is 5.92 Å². The maximum atomic E-state index is 11.9. The first kappa shape index (κ1) is 15.8. The van der Waals surface area contributed by atoms with Crippen LogP contribution in [0.4, 0.5) is 5.69 Å². The second-order valence-corrected chi connectivity index (χ2v) is 5.84. The number of likely N-dealkylation sites (N-methyl/N-ethyl adjacent to an activating group) is 1. The molecule has 1 fully saturated rings. The van der Waals surface area contributed by atoms with E-state index in [1.165, 1.54) is 18.5 Å². The molecule has 2 rings (SSSR count). The van der Waals surface area contributed by atoms with E-state index in [0.717, 1.165) is 32.0 Å². The molecule has 4 heteroatoms. The van der Waals surface area contributed by atoms with Gasteiger partial charge in [0.15, 0.2) is 0 Å². The van der Waals surface area contributed by atoms with Crippen LogP contribution in [-0.2, 0) is 4.79 Å². The molecule has 0 spiro atoms. The molecule has 0 unspecified atom stereocenters. The Hall–Kier alpha value is -1.55. The van der Waals surface area contributed by atoms with Crippen LogP contribution in [0.25, 0.3) is 0 Å². The van der Waals surface area contributed by atoms with Crippen molar-refractivity contribution >= 4 is 11.6 Å². The highest BCUT2D eigenvalue weighted by Crippen LogP contribution is 2.17. The number of rotatable bonds is 7. The van der Waals surface area contributed by atoms with Gasteiger partial charge in [0.1, 0.15) is 0 Å². The standard InChI is InChI=1S/C17H27N3O/c1-20(16-5-3-2-4-6-16)14-13-19-17(21)8-7-15-9-11-18-12-10-15/h2-6,15,18H,7-14H2,1H3,(H,19,21). The topological polar surface area (TPSA) is 44.4 Å². The summed E-state index contributed by atoms with van der Waals surface area (Å²) in [5.74, 6) is 0.916. The zero-order valence-electron chi connectivity index (χ0n) is 13.0. The van der Waals surface area contributed by atoms with Crippen molar-refractivity contribution in [3.05, 3.63) is 30.3 Å². The number of amides is 1. The van der Waals surface area contributed by atoms with Gasteiger partial charge in [0.05, 0.1) is 0 Å². The number of anilines is 1.